The van der Waals surface area contributed by atoms with Crippen LogP contribution in [-0.4, -0.2) is 49.9 Å². The van der Waals surface area contributed by atoms with Gasteiger partial charge in [0.25, 0.3) is 0 Å². The van der Waals surface area contributed by atoms with Gasteiger partial charge in [-0.3, -0.25) is 0 Å². The highest BCUT2D eigenvalue weighted by Gasteiger charge is 2.28. The van der Waals surface area contributed by atoms with Crippen LogP contribution in [0.25, 0.3) is 0 Å². The van der Waals surface area contributed by atoms with Crippen LogP contribution in [0.5, 0.6) is 0 Å². The SMILES string of the molecule is Cn1nnnc1SC1COCC1O. The molecule has 0 amide bonds. The van der Waals surface area contributed by atoms with Gasteiger partial charge in [-0.25, -0.2) is 4.68 Å². The lowest BCUT2D eigenvalue weighted by molar-refractivity contribution is 0.127. The van der Waals surface area contributed by atoms with E-state index in [4.69, 9.17) is 4.74 Å². The van der Waals surface area contributed by atoms with E-state index in [1.54, 1.807) is 11.7 Å². The second-order valence-electron chi connectivity index (χ2n) is 2.85. The summed E-state index contributed by atoms with van der Waals surface area (Å²) in [6.07, 6.45) is -0.415. The number of hydrogen-bond donors (Lipinski definition) is 1. The monoisotopic (exact) mass is 202 g/mol. The predicted molar refractivity (Wildman–Crippen MR) is 45.3 cm³/mol. The summed E-state index contributed by atoms with van der Waals surface area (Å²) in [5.41, 5.74) is 0. The zero-order valence-electron chi connectivity index (χ0n) is 7.12. The molecule has 0 bridgehead atoms. The molecule has 2 rings (SSSR count). The van der Waals surface area contributed by atoms with E-state index in [2.05, 4.69) is 15.5 Å². The summed E-state index contributed by atoms with van der Waals surface area (Å²) in [4.78, 5) is 0. The van der Waals surface area contributed by atoms with Crippen molar-refractivity contribution in [3.8, 4) is 0 Å². The highest BCUT2D eigenvalue weighted by atomic mass is 32.2. The van der Waals surface area contributed by atoms with Crippen LogP contribution in [0.4, 0.5) is 0 Å². The van der Waals surface area contributed by atoms with E-state index in [0.717, 1.165) is 0 Å². The van der Waals surface area contributed by atoms with E-state index in [1.165, 1.54) is 11.8 Å². The fourth-order valence-corrected chi connectivity index (χ4v) is 2.04. The van der Waals surface area contributed by atoms with Crippen LogP contribution in [0.1, 0.15) is 0 Å². The van der Waals surface area contributed by atoms with Crippen LogP contribution < -0.4 is 0 Å². The van der Waals surface area contributed by atoms with E-state index < -0.39 is 6.10 Å². The first-order valence-corrected chi connectivity index (χ1v) is 4.80. The van der Waals surface area contributed by atoms with Gasteiger partial charge < -0.3 is 9.84 Å². The number of hydrogen-bond acceptors (Lipinski definition) is 6. The number of nitrogens with zero attached hydrogens (tertiary/aromatic N) is 4. The quantitative estimate of drug-likeness (QED) is 0.667. The Labute approximate surface area is 79.3 Å². The summed E-state index contributed by atoms with van der Waals surface area (Å²) in [6, 6.07) is 0. The summed E-state index contributed by atoms with van der Waals surface area (Å²) in [5, 5.41) is 21.2. The van der Waals surface area contributed by atoms with Crippen molar-refractivity contribution >= 4 is 11.8 Å². The van der Waals surface area contributed by atoms with E-state index >= 15 is 0 Å². The third kappa shape index (κ3) is 1.82. The van der Waals surface area contributed by atoms with Crippen molar-refractivity contribution in [2.24, 2.45) is 7.05 Å². The highest BCUT2D eigenvalue weighted by Crippen LogP contribution is 2.26. The van der Waals surface area contributed by atoms with Gasteiger partial charge in [-0.15, -0.1) is 5.10 Å². The lowest BCUT2D eigenvalue weighted by atomic mass is 10.3. The molecule has 1 saturated heterocycles. The first kappa shape index (κ1) is 8.92. The van der Waals surface area contributed by atoms with Crippen LogP contribution in [0.2, 0.25) is 0 Å². The van der Waals surface area contributed by atoms with Crippen LogP contribution >= 0.6 is 11.8 Å². The Hall–Kier alpha value is -0.660. The molecule has 0 saturated carbocycles. The van der Waals surface area contributed by atoms with Gasteiger partial charge in [-0.1, -0.05) is 11.8 Å². The van der Waals surface area contributed by atoms with Gasteiger partial charge in [-0.05, 0) is 10.4 Å². The molecule has 0 aromatic carbocycles. The Balaban J connectivity index is 2.01. The lowest BCUT2D eigenvalue weighted by Gasteiger charge is -2.09. The minimum Gasteiger partial charge on any atom is -0.389 e. The maximum Gasteiger partial charge on any atom is 0.209 e. The number of aliphatic hydroxyl groups excluding tert-OH is 1. The summed E-state index contributed by atoms with van der Waals surface area (Å²) in [6.45, 7) is 0.960. The minimum absolute atomic E-state index is 0.0460. The molecule has 0 radical (unpaired) electrons. The Morgan fingerprint density at radius 3 is 3.00 bits per heavy atom. The molecular formula is C6H10N4O2S. The molecule has 2 atom stereocenters. The Morgan fingerprint density at radius 2 is 2.46 bits per heavy atom. The fourth-order valence-electron chi connectivity index (χ4n) is 1.09. The minimum atomic E-state index is -0.415. The van der Waals surface area contributed by atoms with E-state index in [0.29, 0.717) is 18.4 Å². The molecule has 72 valence electrons. The van der Waals surface area contributed by atoms with Gasteiger partial charge in [0.2, 0.25) is 5.16 Å². The number of ether oxygens (including phenoxy) is 1. The van der Waals surface area contributed by atoms with E-state index in [1.807, 2.05) is 0 Å². The molecule has 0 spiro atoms. The first-order chi connectivity index (χ1) is 6.27. The number of rotatable bonds is 2. The Morgan fingerprint density at radius 1 is 1.62 bits per heavy atom. The molecule has 1 fully saturated rings. The zero-order chi connectivity index (χ0) is 9.26. The Kier molecular flexibility index (Phi) is 2.47. The van der Waals surface area contributed by atoms with Crippen LogP contribution in [-0.2, 0) is 11.8 Å². The number of thioether (sulfide) groups is 1. The molecule has 1 aromatic heterocycles. The molecule has 7 heteroatoms. The standard InChI is InChI=1S/C6H10N4O2S/c1-10-6(7-8-9-10)13-5-3-12-2-4(5)11/h4-5,11H,2-3H2,1H3. The molecule has 13 heavy (non-hydrogen) atoms. The number of aliphatic hydroxyl groups is 1. The Bertz CT molecular complexity index is 292. The normalized spacial score (nSPS) is 28.2. The van der Waals surface area contributed by atoms with Crippen molar-refractivity contribution in [1.82, 2.24) is 20.2 Å². The summed E-state index contributed by atoms with van der Waals surface area (Å²) < 4.78 is 6.69. The summed E-state index contributed by atoms with van der Waals surface area (Å²) in [5.74, 6) is 0. The van der Waals surface area contributed by atoms with Crippen molar-refractivity contribution < 1.29 is 9.84 Å². The van der Waals surface area contributed by atoms with Crippen molar-refractivity contribution in [3.63, 3.8) is 0 Å². The van der Waals surface area contributed by atoms with Gasteiger partial charge in [0.1, 0.15) is 0 Å². The number of aryl methyl sites for hydroxylation is 1. The predicted octanol–water partition coefficient (Wildman–Crippen LogP) is -0.938. The van der Waals surface area contributed by atoms with Crippen molar-refractivity contribution in [2.45, 2.75) is 16.5 Å². The van der Waals surface area contributed by atoms with Crippen LogP contribution in [0.15, 0.2) is 5.16 Å². The second-order valence-corrected chi connectivity index (χ2v) is 4.05. The molecule has 0 aliphatic carbocycles. The molecule has 1 aliphatic rings. The summed E-state index contributed by atoms with van der Waals surface area (Å²) in [7, 11) is 1.77. The third-order valence-corrected chi connectivity index (χ3v) is 3.15. The summed E-state index contributed by atoms with van der Waals surface area (Å²) >= 11 is 1.44. The molecule has 2 heterocycles. The smallest absolute Gasteiger partial charge is 0.209 e. The topological polar surface area (TPSA) is 73.1 Å². The van der Waals surface area contributed by atoms with Gasteiger partial charge in [0, 0.05) is 7.05 Å². The van der Waals surface area contributed by atoms with Crippen molar-refractivity contribution in [3.05, 3.63) is 0 Å². The number of aromatic nitrogens is 4. The average Bonchev–Trinajstić information content (AvgIpc) is 2.65. The largest absolute Gasteiger partial charge is 0.389 e. The molecule has 2 unspecified atom stereocenters. The molecular weight excluding hydrogens is 192 g/mol. The van der Waals surface area contributed by atoms with Gasteiger partial charge in [0.15, 0.2) is 0 Å². The molecule has 1 aromatic rings. The van der Waals surface area contributed by atoms with Gasteiger partial charge in [0.05, 0.1) is 24.6 Å². The second kappa shape index (κ2) is 3.60. The van der Waals surface area contributed by atoms with Crippen molar-refractivity contribution in [1.29, 1.82) is 0 Å². The first-order valence-electron chi connectivity index (χ1n) is 3.92. The fraction of sp³-hybridized carbons (Fsp3) is 0.833. The van der Waals surface area contributed by atoms with Crippen LogP contribution in [0.3, 0.4) is 0 Å². The maximum absolute atomic E-state index is 9.45. The third-order valence-electron chi connectivity index (χ3n) is 1.84. The van der Waals surface area contributed by atoms with Gasteiger partial charge in [-0.2, -0.15) is 0 Å². The van der Waals surface area contributed by atoms with Gasteiger partial charge >= 0.3 is 0 Å². The average molecular weight is 202 g/mol. The molecule has 1 N–H and O–H groups in total. The maximum atomic E-state index is 9.45. The molecule has 1 aliphatic heterocycles. The van der Waals surface area contributed by atoms with E-state index in [-0.39, 0.29) is 5.25 Å². The molecule has 6 nitrogen and oxygen atoms in total. The van der Waals surface area contributed by atoms with Crippen molar-refractivity contribution in [2.75, 3.05) is 13.2 Å². The lowest BCUT2D eigenvalue weighted by Crippen LogP contribution is -2.20. The highest BCUT2D eigenvalue weighted by molar-refractivity contribution is 7.99. The zero-order valence-corrected chi connectivity index (χ0v) is 7.94. The van der Waals surface area contributed by atoms with E-state index in [9.17, 15) is 5.11 Å². The number of tetrazole rings is 1. The van der Waals surface area contributed by atoms with Crippen LogP contribution in [0, 0.1) is 0 Å².